The van der Waals surface area contributed by atoms with Gasteiger partial charge in [-0.25, -0.2) is 8.42 Å². The Morgan fingerprint density at radius 3 is 2.10 bits per heavy atom. The molecular weight excluding hydrogens is 533 g/mol. The van der Waals surface area contributed by atoms with Crippen molar-refractivity contribution in [3.8, 4) is 0 Å². The van der Waals surface area contributed by atoms with Gasteiger partial charge >= 0.3 is 17.9 Å². The number of rotatable bonds is 7. The third kappa shape index (κ3) is 6.62. The largest absolute Gasteiger partial charge is 0.463 e. The third-order valence-corrected chi connectivity index (χ3v) is 6.79. The molecule has 0 spiro atoms. The van der Waals surface area contributed by atoms with Crippen molar-refractivity contribution in [1.82, 2.24) is 4.72 Å². The van der Waals surface area contributed by atoms with Gasteiger partial charge in [0.25, 0.3) is 0 Å². The normalized spacial score (nSPS) is 26.5. The first-order chi connectivity index (χ1) is 14.0. The van der Waals surface area contributed by atoms with Crippen LogP contribution in [0.15, 0.2) is 35.2 Å². The summed E-state index contributed by atoms with van der Waals surface area (Å²) in [6, 6.07) is 7.64. The highest BCUT2D eigenvalue weighted by Crippen LogP contribution is 2.31. The van der Waals surface area contributed by atoms with E-state index in [2.05, 4.69) is 4.72 Å². The van der Waals surface area contributed by atoms with Crippen LogP contribution in [0.5, 0.6) is 0 Å². The molecule has 10 nitrogen and oxygen atoms in total. The molecule has 0 unspecified atom stereocenters. The first-order valence-corrected chi connectivity index (χ1v) is 11.6. The van der Waals surface area contributed by atoms with E-state index < -0.39 is 56.4 Å². The van der Waals surface area contributed by atoms with Gasteiger partial charge in [-0.15, -0.1) is 0 Å². The molecule has 1 saturated heterocycles. The zero-order valence-electron chi connectivity index (χ0n) is 16.4. The Labute approximate surface area is 187 Å². The fourth-order valence-corrected chi connectivity index (χ4v) is 5.12. The summed E-state index contributed by atoms with van der Waals surface area (Å²) in [5.74, 6) is -1.93. The summed E-state index contributed by atoms with van der Waals surface area (Å²) >= 11 is 1.86. The molecule has 2 rings (SSSR count). The van der Waals surface area contributed by atoms with Gasteiger partial charge in [0, 0.05) is 20.8 Å². The summed E-state index contributed by atoms with van der Waals surface area (Å²) in [6.07, 6.45) is -4.39. The second-order valence-corrected chi connectivity index (χ2v) is 9.58. The average Bonchev–Trinajstić information content (AvgIpc) is 2.65. The number of carbonyl (C=O) groups excluding carboxylic acids is 3. The minimum absolute atomic E-state index is 0.0138. The fourth-order valence-electron chi connectivity index (χ4n) is 2.81. The van der Waals surface area contributed by atoms with Gasteiger partial charge in [-0.2, -0.15) is 4.72 Å². The number of carbonyl (C=O) groups is 3. The molecule has 1 fully saturated rings. The lowest BCUT2D eigenvalue weighted by Crippen LogP contribution is -2.63. The summed E-state index contributed by atoms with van der Waals surface area (Å²) in [5, 5.41) is 0. The van der Waals surface area contributed by atoms with Crippen LogP contribution in [0.2, 0.25) is 0 Å². The molecule has 1 heterocycles. The number of halogens is 1. The molecule has 0 aromatic heterocycles. The molecule has 30 heavy (non-hydrogen) atoms. The summed E-state index contributed by atoms with van der Waals surface area (Å²) in [4.78, 5) is 34.5. The lowest BCUT2D eigenvalue weighted by atomic mass is 10.0. The first-order valence-electron chi connectivity index (χ1n) is 8.86. The van der Waals surface area contributed by atoms with E-state index in [1.165, 1.54) is 32.9 Å². The standard InChI is InChI=1S/C18H22INO9S/c1-10(21)26-9-14-16(27-11(2)22)17(28-12(3)23)15(19)18(29-14)20-30(24,25)13-7-5-4-6-8-13/h4-8,14-18,20H,9H2,1-3H3/t14-,15+,16-,17-,18+/m1/s1. The summed E-state index contributed by atoms with van der Waals surface area (Å²) in [6.45, 7) is 3.19. The highest BCUT2D eigenvalue weighted by molar-refractivity contribution is 14.1. The Hall–Kier alpha value is -1.77. The van der Waals surface area contributed by atoms with Crippen molar-refractivity contribution in [2.24, 2.45) is 0 Å². The van der Waals surface area contributed by atoms with E-state index in [-0.39, 0.29) is 11.5 Å². The molecule has 166 valence electrons. The minimum Gasteiger partial charge on any atom is -0.463 e. The van der Waals surface area contributed by atoms with Crippen molar-refractivity contribution in [3.63, 3.8) is 0 Å². The van der Waals surface area contributed by atoms with E-state index in [4.69, 9.17) is 18.9 Å². The number of sulfonamides is 1. The molecular formula is C18H22INO9S. The van der Waals surface area contributed by atoms with Crippen molar-refractivity contribution >= 4 is 50.5 Å². The Morgan fingerprint density at radius 1 is 1.00 bits per heavy atom. The Balaban J connectivity index is 2.35. The van der Waals surface area contributed by atoms with E-state index in [0.717, 1.165) is 0 Å². The van der Waals surface area contributed by atoms with Crippen LogP contribution in [0.3, 0.4) is 0 Å². The number of nitrogens with one attached hydrogen (secondary N) is 1. The van der Waals surface area contributed by atoms with Crippen molar-refractivity contribution in [3.05, 3.63) is 30.3 Å². The van der Waals surface area contributed by atoms with Crippen LogP contribution in [0.1, 0.15) is 20.8 Å². The molecule has 1 aliphatic rings. The SMILES string of the molecule is CC(=O)OC[C@H]1O[C@H](NS(=O)(=O)c2ccccc2)[C@@H](I)[C@@H](OC(C)=O)[C@@H]1OC(C)=O. The van der Waals surface area contributed by atoms with Gasteiger partial charge < -0.3 is 18.9 Å². The van der Waals surface area contributed by atoms with Crippen LogP contribution < -0.4 is 4.72 Å². The van der Waals surface area contributed by atoms with Gasteiger partial charge in [0.1, 0.15) is 18.9 Å². The van der Waals surface area contributed by atoms with Gasteiger partial charge in [-0.05, 0) is 12.1 Å². The Bertz CT molecular complexity index is 877. The monoisotopic (exact) mass is 555 g/mol. The predicted molar refractivity (Wildman–Crippen MR) is 111 cm³/mol. The first kappa shape index (κ1) is 24.5. The maximum Gasteiger partial charge on any atom is 0.303 e. The van der Waals surface area contributed by atoms with Gasteiger partial charge in [-0.1, -0.05) is 40.8 Å². The molecule has 0 radical (unpaired) electrons. The summed E-state index contributed by atoms with van der Waals surface area (Å²) < 4.78 is 48.5. The van der Waals surface area contributed by atoms with Crippen LogP contribution >= 0.6 is 22.6 Å². The predicted octanol–water partition coefficient (Wildman–Crippen LogP) is 0.920. The molecule has 1 aliphatic heterocycles. The molecule has 0 bridgehead atoms. The number of benzene rings is 1. The number of hydrogen-bond acceptors (Lipinski definition) is 9. The zero-order valence-corrected chi connectivity index (χ0v) is 19.4. The van der Waals surface area contributed by atoms with Crippen LogP contribution in [0.4, 0.5) is 0 Å². The second-order valence-electron chi connectivity index (χ2n) is 6.42. The highest BCUT2D eigenvalue weighted by atomic mass is 127. The number of alkyl halides is 1. The molecule has 1 aromatic rings. The van der Waals surface area contributed by atoms with Gasteiger partial charge in [0.15, 0.2) is 12.2 Å². The third-order valence-electron chi connectivity index (χ3n) is 3.99. The topological polar surface area (TPSA) is 134 Å². The molecule has 0 saturated carbocycles. The molecule has 0 aliphatic carbocycles. The van der Waals surface area contributed by atoms with Crippen molar-refractivity contribution in [2.45, 2.75) is 54.1 Å². The lowest BCUT2D eigenvalue weighted by Gasteiger charge is -2.43. The molecule has 1 aromatic carbocycles. The Kier molecular flexibility index (Phi) is 8.58. The smallest absolute Gasteiger partial charge is 0.303 e. The number of ether oxygens (including phenoxy) is 4. The zero-order chi connectivity index (χ0) is 22.5. The van der Waals surface area contributed by atoms with E-state index in [9.17, 15) is 22.8 Å². The number of hydrogen-bond donors (Lipinski definition) is 1. The quantitative estimate of drug-likeness (QED) is 0.226. The molecule has 1 N–H and O–H groups in total. The van der Waals surface area contributed by atoms with Gasteiger partial charge in [0.05, 0.1) is 8.82 Å². The van der Waals surface area contributed by atoms with E-state index >= 15 is 0 Å². The maximum absolute atomic E-state index is 12.7. The average molecular weight is 555 g/mol. The van der Waals surface area contributed by atoms with Crippen molar-refractivity contribution < 1.29 is 41.7 Å². The Morgan fingerprint density at radius 2 is 1.57 bits per heavy atom. The van der Waals surface area contributed by atoms with Crippen LogP contribution in [-0.4, -0.2) is 61.4 Å². The minimum atomic E-state index is -3.98. The molecule has 5 atom stereocenters. The van der Waals surface area contributed by atoms with Crippen molar-refractivity contribution in [2.75, 3.05) is 6.61 Å². The van der Waals surface area contributed by atoms with Gasteiger partial charge in [-0.3, -0.25) is 14.4 Å². The maximum atomic E-state index is 12.7. The summed E-state index contributed by atoms with van der Waals surface area (Å²) in [7, 11) is -3.98. The molecule has 12 heteroatoms. The van der Waals surface area contributed by atoms with E-state index in [1.807, 2.05) is 22.6 Å². The van der Waals surface area contributed by atoms with Gasteiger partial charge in [0.2, 0.25) is 10.0 Å². The van der Waals surface area contributed by atoms with Crippen LogP contribution in [-0.2, 0) is 43.4 Å². The molecule has 0 amide bonds. The second kappa shape index (κ2) is 10.5. The van der Waals surface area contributed by atoms with E-state index in [0.29, 0.717) is 0 Å². The fraction of sp³-hybridized carbons (Fsp3) is 0.500. The van der Waals surface area contributed by atoms with Crippen molar-refractivity contribution in [1.29, 1.82) is 0 Å². The highest BCUT2D eigenvalue weighted by Gasteiger charge is 2.50. The van der Waals surface area contributed by atoms with E-state index in [1.54, 1.807) is 18.2 Å². The van der Waals surface area contributed by atoms with Crippen LogP contribution in [0, 0.1) is 0 Å². The van der Waals surface area contributed by atoms with Crippen LogP contribution in [0.25, 0.3) is 0 Å². The summed E-state index contributed by atoms with van der Waals surface area (Å²) in [5.41, 5.74) is 0. The number of esters is 3. The lowest BCUT2D eigenvalue weighted by molar-refractivity contribution is -0.212.